The molecule has 24 heavy (non-hydrogen) atoms. The van der Waals surface area contributed by atoms with Gasteiger partial charge in [0.15, 0.2) is 0 Å². The minimum absolute atomic E-state index is 0.206. The zero-order chi connectivity index (χ0) is 16.2. The van der Waals surface area contributed by atoms with Crippen LogP contribution in [0.5, 0.6) is 0 Å². The summed E-state index contributed by atoms with van der Waals surface area (Å²) in [5.74, 6) is 2.17. The first-order chi connectivity index (χ1) is 11.9. The molecular weight excluding hydrogens is 307 g/mol. The topological polar surface area (TPSA) is 0 Å². The van der Waals surface area contributed by atoms with Gasteiger partial charge in [0.25, 0.3) is 0 Å². The van der Waals surface area contributed by atoms with E-state index in [1.54, 1.807) is 44.1 Å². The van der Waals surface area contributed by atoms with Gasteiger partial charge in [0.2, 0.25) is 0 Å². The van der Waals surface area contributed by atoms with Gasteiger partial charge in [-0.25, -0.2) is 0 Å². The fraction of sp³-hybridized carbons (Fsp3) is 0.739. The summed E-state index contributed by atoms with van der Waals surface area (Å²) in [4.78, 5) is 0. The number of hydrogen-bond donors (Lipinski definition) is 0. The highest BCUT2D eigenvalue weighted by Crippen LogP contribution is 2.64. The molecule has 0 N–H and O–H groups in total. The molecular formula is C23H35P. The second kappa shape index (κ2) is 8.35. The van der Waals surface area contributed by atoms with Crippen LogP contribution in [0.1, 0.15) is 82.6 Å². The summed E-state index contributed by atoms with van der Waals surface area (Å²) in [6.07, 6.45) is 19.9. The molecule has 0 radical (unpaired) electrons. The molecule has 1 aliphatic heterocycles. The lowest BCUT2D eigenvalue weighted by atomic mass is 9.83. The van der Waals surface area contributed by atoms with Crippen LogP contribution in [-0.4, -0.2) is 11.3 Å². The average molecular weight is 343 g/mol. The van der Waals surface area contributed by atoms with E-state index in [9.17, 15) is 0 Å². The first-order valence-corrected chi connectivity index (χ1v) is 12.4. The van der Waals surface area contributed by atoms with Gasteiger partial charge in [-0.05, 0) is 73.4 Å². The molecule has 0 spiro atoms. The van der Waals surface area contributed by atoms with E-state index in [1.165, 1.54) is 44.7 Å². The molecule has 3 aliphatic rings. The first-order valence-electron chi connectivity index (χ1n) is 10.7. The summed E-state index contributed by atoms with van der Waals surface area (Å²) >= 11 is 0. The third kappa shape index (κ3) is 3.90. The number of benzene rings is 1. The summed E-state index contributed by atoms with van der Waals surface area (Å²) in [5.41, 5.74) is 3.84. The van der Waals surface area contributed by atoms with Crippen molar-refractivity contribution >= 4 is 7.92 Å². The highest BCUT2D eigenvalue weighted by Gasteiger charge is 2.42. The van der Waals surface area contributed by atoms with Crippen LogP contribution in [0.3, 0.4) is 0 Å². The lowest BCUT2D eigenvalue weighted by molar-refractivity contribution is 0.332. The number of hydrogen-bond acceptors (Lipinski definition) is 0. The molecule has 2 saturated carbocycles. The van der Waals surface area contributed by atoms with Gasteiger partial charge in [-0.15, -0.1) is 0 Å². The van der Waals surface area contributed by atoms with E-state index < -0.39 is 0 Å². The van der Waals surface area contributed by atoms with Crippen LogP contribution in [0.25, 0.3) is 0 Å². The second-order valence-electron chi connectivity index (χ2n) is 8.67. The van der Waals surface area contributed by atoms with Crippen LogP contribution in [0.15, 0.2) is 30.3 Å². The maximum absolute atomic E-state index is 2.40. The van der Waals surface area contributed by atoms with E-state index in [-0.39, 0.29) is 7.92 Å². The van der Waals surface area contributed by atoms with Crippen LogP contribution < -0.4 is 0 Å². The fourth-order valence-corrected chi connectivity index (χ4v) is 10.2. The van der Waals surface area contributed by atoms with Gasteiger partial charge < -0.3 is 0 Å². The Kier molecular flexibility index (Phi) is 5.95. The Bertz CT molecular complexity index is 458. The van der Waals surface area contributed by atoms with Crippen LogP contribution in [0.4, 0.5) is 0 Å². The van der Waals surface area contributed by atoms with Crippen LogP contribution >= 0.6 is 7.92 Å². The van der Waals surface area contributed by atoms with Crippen LogP contribution in [0.2, 0.25) is 0 Å². The largest absolute Gasteiger partial charge is 0.0953 e. The summed E-state index contributed by atoms with van der Waals surface area (Å²) in [7, 11) is 0.206. The molecule has 1 aromatic rings. The molecule has 3 fully saturated rings. The molecule has 1 heteroatoms. The molecule has 0 aromatic heterocycles. The van der Waals surface area contributed by atoms with Gasteiger partial charge in [0, 0.05) is 0 Å². The molecule has 132 valence electrons. The minimum atomic E-state index is 0.206. The molecule has 2 aliphatic carbocycles. The Morgan fingerprint density at radius 1 is 0.625 bits per heavy atom. The molecule has 2 atom stereocenters. The van der Waals surface area contributed by atoms with Crippen molar-refractivity contribution in [2.45, 2.75) is 94.5 Å². The zero-order valence-corrected chi connectivity index (χ0v) is 16.2. The molecule has 0 amide bonds. The van der Waals surface area contributed by atoms with Crippen molar-refractivity contribution in [3.63, 3.8) is 0 Å². The van der Waals surface area contributed by atoms with Crippen molar-refractivity contribution in [2.24, 2.45) is 11.8 Å². The van der Waals surface area contributed by atoms with E-state index in [4.69, 9.17) is 0 Å². The van der Waals surface area contributed by atoms with Crippen molar-refractivity contribution in [1.82, 2.24) is 0 Å². The fourth-order valence-electron chi connectivity index (χ4n) is 6.00. The smallest absolute Gasteiger partial charge is 0.00679 e. The van der Waals surface area contributed by atoms with Crippen molar-refractivity contribution in [2.75, 3.05) is 0 Å². The molecule has 0 bridgehead atoms. The Hall–Kier alpha value is -0.350. The van der Waals surface area contributed by atoms with E-state index in [2.05, 4.69) is 30.3 Å². The average Bonchev–Trinajstić information content (AvgIpc) is 3.07. The van der Waals surface area contributed by atoms with E-state index in [1.807, 2.05) is 0 Å². The Morgan fingerprint density at radius 2 is 1.12 bits per heavy atom. The van der Waals surface area contributed by atoms with Gasteiger partial charge in [0.05, 0.1) is 0 Å². The van der Waals surface area contributed by atoms with E-state index in [0.29, 0.717) is 0 Å². The van der Waals surface area contributed by atoms with Gasteiger partial charge in [-0.2, -0.15) is 0 Å². The van der Waals surface area contributed by atoms with Crippen LogP contribution in [-0.2, 0) is 6.16 Å². The summed E-state index contributed by atoms with van der Waals surface area (Å²) in [6.45, 7) is 0. The predicted molar refractivity (Wildman–Crippen MR) is 107 cm³/mol. The lowest BCUT2D eigenvalue weighted by Crippen LogP contribution is -2.23. The molecule has 1 heterocycles. The second-order valence-corrected chi connectivity index (χ2v) is 11.3. The lowest BCUT2D eigenvalue weighted by Gasteiger charge is -2.37. The highest BCUT2D eigenvalue weighted by molar-refractivity contribution is 7.58. The van der Waals surface area contributed by atoms with Crippen molar-refractivity contribution in [3.05, 3.63) is 35.9 Å². The third-order valence-corrected chi connectivity index (χ3v) is 11.0. The monoisotopic (exact) mass is 342 g/mol. The predicted octanol–water partition coefficient (Wildman–Crippen LogP) is 7.36. The zero-order valence-electron chi connectivity index (χ0n) is 15.3. The highest BCUT2D eigenvalue weighted by atomic mass is 31.1. The minimum Gasteiger partial charge on any atom is -0.0953 e. The molecule has 1 saturated heterocycles. The van der Waals surface area contributed by atoms with E-state index in [0.717, 1.165) is 23.2 Å². The van der Waals surface area contributed by atoms with Gasteiger partial charge in [0.1, 0.15) is 0 Å². The maximum Gasteiger partial charge on any atom is -0.00679 e. The first kappa shape index (κ1) is 17.1. The summed E-state index contributed by atoms with van der Waals surface area (Å²) in [6, 6.07) is 11.5. The van der Waals surface area contributed by atoms with Crippen LogP contribution in [0, 0.1) is 11.8 Å². The summed E-state index contributed by atoms with van der Waals surface area (Å²) < 4.78 is 0. The van der Waals surface area contributed by atoms with Crippen molar-refractivity contribution in [1.29, 1.82) is 0 Å². The quantitative estimate of drug-likeness (QED) is 0.501. The number of rotatable bonds is 4. The van der Waals surface area contributed by atoms with Crippen molar-refractivity contribution < 1.29 is 0 Å². The molecule has 0 nitrogen and oxygen atoms in total. The summed E-state index contributed by atoms with van der Waals surface area (Å²) in [5, 5.41) is 0. The molecule has 2 unspecified atom stereocenters. The normalized spacial score (nSPS) is 32.9. The molecule has 1 aromatic carbocycles. The third-order valence-electron chi connectivity index (χ3n) is 7.21. The SMILES string of the molecule is c1ccc(CP2C(C3CCCCC3)CCC2C2CCCCC2)cc1. The van der Waals surface area contributed by atoms with E-state index >= 15 is 0 Å². The molecule has 4 rings (SSSR count). The Labute approximate surface area is 150 Å². The Balaban J connectivity index is 1.52. The van der Waals surface area contributed by atoms with Gasteiger partial charge >= 0.3 is 0 Å². The Morgan fingerprint density at radius 3 is 1.62 bits per heavy atom. The standard InChI is InChI=1S/C23H35P/c1-4-10-19(11-5-1)18-24-22(20-12-6-2-7-13-20)16-17-23(24)21-14-8-3-9-15-21/h1,4-5,10-11,20-23H,2-3,6-9,12-18H2. The van der Waals surface area contributed by atoms with Gasteiger partial charge in [-0.3, -0.25) is 0 Å². The maximum atomic E-state index is 2.40. The van der Waals surface area contributed by atoms with Gasteiger partial charge in [-0.1, -0.05) is 76.8 Å². The van der Waals surface area contributed by atoms with Crippen molar-refractivity contribution in [3.8, 4) is 0 Å².